The summed E-state index contributed by atoms with van der Waals surface area (Å²) >= 11 is 0. The van der Waals surface area contributed by atoms with E-state index in [4.69, 9.17) is 15.8 Å². The number of hydrogen-bond donors (Lipinski definition) is 0. The lowest BCUT2D eigenvalue weighted by atomic mass is 9.73. The van der Waals surface area contributed by atoms with Crippen LogP contribution in [0.25, 0.3) is 0 Å². The molecular weight excluding hydrogens is 174 g/mol. The van der Waals surface area contributed by atoms with Crippen molar-refractivity contribution in [3.63, 3.8) is 0 Å². The molecule has 0 spiro atoms. The fourth-order valence-corrected chi connectivity index (χ4v) is 1.57. The number of nitriles is 3. The molecular formula is C11H15N3. The zero-order valence-corrected chi connectivity index (χ0v) is 8.75. The highest BCUT2D eigenvalue weighted by atomic mass is 14.5. The van der Waals surface area contributed by atoms with Crippen molar-refractivity contribution in [2.75, 3.05) is 0 Å². The third kappa shape index (κ3) is 2.48. The largest absolute Gasteiger partial charge is 0.198 e. The van der Waals surface area contributed by atoms with Crippen LogP contribution in [0.2, 0.25) is 0 Å². The van der Waals surface area contributed by atoms with Crippen LogP contribution in [0.15, 0.2) is 0 Å². The molecule has 0 N–H and O–H groups in total. The Morgan fingerprint density at radius 1 is 1.07 bits per heavy atom. The maximum absolute atomic E-state index is 9.01. The minimum Gasteiger partial charge on any atom is -0.198 e. The van der Waals surface area contributed by atoms with E-state index in [1.807, 2.05) is 26.0 Å². The van der Waals surface area contributed by atoms with Crippen LogP contribution in [0, 0.1) is 45.3 Å². The lowest BCUT2D eigenvalue weighted by molar-refractivity contribution is 0.337. The first-order valence-electron chi connectivity index (χ1n) is 4.92. The van der Waals surface area contributed by atoms with Crippen LogP contribution in [-0.4, -0.2) is 0 Å². The van der Waals surface area contributed by atoms with Crippen LogP contribution < -0.4 is 0 Å². The third-order valence-corrected chi connectivity index (χ3v) is 2.37. The van der Waals surface area contributed by atoms with Crippen LogP contribution in [-0.2, 0) is 0 Å². The Bertz CT molecular complexity index is 273. The van der Waals surface area contributed by atoms with E-state index in [1.165, 1.54) is 0 Å². The number of rotatable bonds is 5. The minimum atomic E-state index is -1.10. The average molecular weight is 189 g/mol. The first-order valence-corrected chi connectivity index (χ1v) is 4.92. The molecule has 0 aliphatic rings. The van der Waals surface area contributed by atoms with Crippen LogP contribution >= 0.6 is 0 Å². The number of nitrogens with zero attached hydrogens (tertiary/aromatic N) is 3. The van der Waals surface area contributed by atoms with E-state index in [0.29, 0.717) is 12.8 Å². The van der Waals surface area contributed by atoms with Crippen molar-refractivity contribution in [3.05, 3.63) is 0 Å². The molecule has 74 valence electrons. The third-order valence-electron chi connectivity index (χ3n) is 2.37. The lowest BCUT2D eigenvalue weighted by Gasteiger charge is -2.22. The van der Waals surface area contributed by atoms with Gasteiger partial charge in [0.05, 0.1) is 24.1 Å². The second-order valence-electron chi connectivity index (χ2n) is 3.42. The summed E-state index contributed by atoms with van der Waals surface area (Å²) in [5.41, 5.74) is -1.10. The molecule has 1 unspecified atom stereocenters. The Balaban J connectivity index is 4.90. The van der Waals surface area contributed by atoms with Gasteiger partial charge in [-0.15, -0.1) is 0 Å². The molecule has 0 saturated heterocycles. The van der Waals surface area contributed by atoms with Crippen molar-refractivity contribution in [1.82, 2.24) is 0 Å². The summed E-state index contributed by atoms with van der Waals surface area (Å²) in [7, 11) is 0. The SMILES string of the molecule is CCCC(C#N)C(C#N)(C#N)CCC. The van der Waals surface area contributed by atoms with Crippen LogP contribution in [0.1, 0.15) is 39.5 Å². The molecule has 14 heavy (non-hydrogen) atoms. The normalized spacial score (nSPS) is 12.2. The van der Waals surface area contributed by atoms with Gasteiger partial charge in [0.2, 0.25) is 0 Å². The van der Waals surface area contributed by atoms with E-state index < -0.39 is 11.3 Å². The Kier molecular flexibility index (Phi) is 5.35. The van der Waals surface area contributed by atoms with Crippen molar-refractivity contribution in [3.8, 4) is 18.2 Å². The van der Waals surface area contributed by atoms with E-state index >= 15 is 0 Å². The van der Waals surface area contributed by atoms with E-state index in [9.17, 15) is 0 Å². The second-order valence-corrected chi connectivity index (χ2v) is 3.42. The Morgan fingerprint density at radius 3 is 1.93 bits per heavy atom. The summed E-state index contributed by atoms with van der Waals surface area (Å²) in [6.45, 7) is 3.87. The molecule has 0 aliphatic carbocycles. The summed E-state index contributed by atoms with van der Waals surface area (Å²) in [4.78, 5) is 0. The first kappa shape index (κ1) is 12.5. The van der Waals surface area contributed by atoms with E-state index in [1.54, 1.807) is 0 Å². The molecule has 3 nitrogen and oxygen atoms in total. The summed E-state index contributed by atoms with van der Waals surface area (Å²) in [5.74, 6) is -0.456. The zero-order chi connectivity index (χ0) is 11.0. The smallest absolute Gasteiger partial charge is 0.159 e. The van der Waals surface area contributed by atoms with Gasteiger partial charge in [-0.2, -0.15) is 15.8 Å². The van der Waals surface area contributed by atoms with Gasteiger partial charge in [-0.3, -0.25) is 0 Å². The standard InChI is InChI=1S/C11H15N3/c1-3-5-10(7-12)11(8-13,9-14)6-4-2/h10H,3-6H2,1-2H3. The molecule has 0 aromatic rings. The molecule has 0 fully saturated rings. The highest BCUT2D eigenvalue weighted by molar-refractivity contribution is 5.20. The highest BCUT2D eigenvalue weighted by Crippen LogP contribution is 2.34. The molecule has 0 amide bonds. The van der Waals surface area contributed by atoms with Crippen molar-refractivity contribution >= 4 is 0 Å². The topological polar surface area (TPSA) is 71.4 Å². The summed E-state index contributed by atoms with van der Waals surface area (Å²) in [5, 5.41) is 27.0. The van der Waals surface area contributed by atoms with Gasteiger partial charge >= 0.3 is 0 Å². The molecule has 0 radical (unpaired) electrons. The highest BCUT2D eigenvalue weighted by Gasteiger charge is 2.38. The monoisotopic (exact) mass is 189 g/mol. The quantitative estimate of drug-likeness (QED) is 0.667. The predicted molar refractivity (Wildman–Crippen MR) is 52.6 cm³/mol. The van der Waals surface area contributed by atoms with Crippen molar-refractivity contribution in [1.29, 1.82) is 15.8 Å². The van der Waals surface area contributed by atoms with E-state index in [2.05, 4.69) is 6.07 Å². The number of hydrogen-bond acceptors (Lipinski definition) is 3. The van der Waals surface area contributed by atoms with Gasteiger partial charge in [0.15, 0.2) is 5.41 Å². The predicted octanol–water partition coefficient (Wildman–Crippen LogP) is 2.76. The molecule has 0 saturated carbocycles. The summed E-state index contributed by atoms with van der Waals surface area (Å²) < 4.78 is 0. The first-order chi connectivity index (χ1) is 6.70. The Hall–Kier alpha value is -1.53. The summed E-state index contributed by atoms with van der Waals surface area (Å²) in [6, 6.07) is 6.12. The minimum absolute atomic E-state index is 0.456. The Morgan fingerprint density at radius 2 is 1.64 bits per heavy atom. The van der Waals surface area contributed by atoms with Gasteiger partial charge in [-0.1, -0.05) is 26.7 Å². The van der Waals surface area contributed by atoms with Gasteiger partial charge < -0.3 is 0 Å². The lowest BCUT2D eigenvalue weighted by Crippen LogP contribution is -2.26. The van der Waals surface area contributed by atoms with Crippen LogP contribution in [0.5, 0.6) is 0 Å². The molecule has 0 rings (SSSR count). The molecule has 0 aromatic heterocycles. The summed E-state index contributed by atoms with van der Waals surface area (Å²) in [6.07, 6.45) is 2.69. The Labute approximate surface area is 85.6 Å². The molecule has 0 bridgehead atoms. The fourth-order valence-electron chi connectivity index (χ4n) is 1.57. The molecule has 0 heterocycles. The van der Waals surface area contributed by atoms with Crippen molar-refractivity contribution < 1.29 is 0 Å². The average Bonchev–Trinajstić information content (AvgIpc) is 2.23. The van der Waals surface area contributed by atoms with Gasteiger partial charge in [0.25, 0.3) is 0 Å². The zero-order valence-electron chi connectivity index (χ0n) is 8.75. The fraction of sp³-hybridized carbons (Fsp3) is 0.727. The van der Waals surface area contributed by atoms with E-state index in [-0.39, 0.29) is 0 Å². The van der Waals surface area contributed by atoms with Crippen LogP contribution in [0.3, 0.4) is 0 Å². The van der Waals surface area contributed by atoms with Gasteiger partial charge in [-0.05, 0) is 12.8 Å². The molecule has 3 heteroatoms. The molecule has 0 aromatic carbocycles. The molecule has 1 atom stereocenters. The van der Waals surface area contributed by atoms with Crippen LogP contribution in [0.4, 0.5) is 0 Å². The maximum atomic E-state index is 9.01. The van der Waals surface area contributed by atoms with Crippen molar-refractivity contribution in [2.45, 2.75) is 39.5 Å². The van der Waals surface area contributed by atoms with Gasteiger partial charge in [-0.25, -0.2) is 0 Å². The van der Waals surface area contributed by atoms with Gasteiger partial charge in [0.1, 0.15) is 0 Å². The van der Waals surface area contributed by atoms with Crippen molar-refractivity contribution in [2.24, 2.45) is 11.3 Å². The molecule has 0 aliphatic heterocycles. The second kappa shape index (κ2) is 6.01. The van der Waals surface area contributed by atoms with Gasteiger partial charge in [0, 0.05) is 0 Å². The maximum Gasteiger partial charge on any atom is 0.159 e. The van der Waals surface area contributed by atoms with E-state index in [0.717, 1.165) is 12.8 Å².